The second-order valence-electron chi connectivity index (χ2n) is 33.6. The van der Waals surface area contributed by atoms with Gasteiger partial charge in [0.05, 0.1) is 27.2 Å². The van der Waals surface area contributed by atoms with Gasteiger partial charge < -0.3 is 19.0 Å². The summed E-state index contributed by atoms with van der Waals surface area (Å²) in [5.74, 6) is 0.534. The van der Waals surface area contributed by atoms with Crippen LogP contribution in [0.3, 0.4) is 0 Å². The van der Waals surface area contributed by atoms with Crippen LogP contribution >= 0.6 is 22.7 Å². The molecule has 11 heteroatoms. The van der Waals surface area contributed by atoms with Gasteiger partial charge in [-0.2, -0.15) is 0 Å². The van der Waals surface area contributed by atoms with Crippen LogP contribution in [0.5, 0.6) is 11.5 Å². The molecule has 8 nitrogen and oxygen atoms in total. The van der Waals surface area contributed by atoms with Crippen molar-refractivity contribution in [2.45, 2.75) is 105 Å². The van der Waals surface area contributed by atoms with Crippen LogP contribution in [0.2, 0.25) is 0 Å². The fraction of sp³-hybridized carbons (Fsp3) is 0.154. The first-order chi connectivity index (χ1) is 54.8. The Hall–Kier alpha value is -11.9. The molecule has 0 aliphatic rings. The third-order valence-electron chi connectivity index (χ3n) is 21.5. The van der Waals surface area contributed by atoms with Gasteiger partial charge in [0, 0.05) is 104 Å². The smallest absolute Gasteiger partial charge is 0.143 e. The first-order valence-corrected chi connectivity index (χ1v) is 40.4. The first kappa shape index (κ1) is 77.0. The van der Waals surface area contributed by atoms with E-state index in [4.69, 9.17) is 28.8 Å². The molecule has 0 atom stereocenters. The number of para-hydroxylation sites is 5. The second kappa shape index (κ2) is 30.8. The standard InChI is InChI=1S/C52H44N2O2S.C52H43N2O2S.Pt/c2*1-51(2,3)37-27-36(48(55)43(30-37)52(4,5)6)31-53-44-24-12-10-21-41(44)50-54-47-42(40-23-15-22-39-38-20-11-13-25-45(38)56-49(39)40)28-35(29-46(47)57-50)34-19-14-18-33(26-34)32-16-8-7-9-17-32;/h7-31,55H,1-6H3;7-22,24-31,55H,1-6H3;/q;-1;. The molecule has 115 heavy (non-hydrogen) atoms. The molecule has 18 aromatic rings. The monoisotopic (exact) mass is 1710 g/mol. The Morgan fingerprint density at radius 3 is 1.20 bits per heavy atom. The Kier molecular flexibility index (Phi) is 20.6. The van der Waals surface area contributed by atoms with E-state index < -0.39 is 0 Å². The van der Waals surface area contributed by atoms with Crippen LogP contribution < -0.4 is 0 Å². The van der Waals surface area contributed by atoms with E-state index in [-0.39, 0.29) is 54.2 Å². The van der Waals surface area contributed by atoms with Crippen LogP contribution in [-0.2, 0) is 42.7 Å². The molecule has 2 N–H and O–H groups in total. The van der Waals surface area contributed by atoms with Crippen molar-refractivity contribution in [2.75, 3.05) is 0 Å². The molecule has 0 aliphatic heterocycles. The number of phenols is 2. The van der Waals surface area contributed by atoms with Crippen molar-refractivity contribution in [3.63, 3.8) is 0 Å². The average Bonchev–Trinajstić information content (AvgIpc) is 1.62. The van der Waals surface area contributed by atoms with E-state index in [0.29, 0.717) is 11.1 Å². The van der Waals surface area contributed by atoms with Gasteiger partial charge in [0.15, 0.2) is 0 Å². The Labute approximate surface area is 694 Å². The van der Waals surface area contributed by atoms with E-state index in [2.05, 4.69) is 289 Å². The number of benzene rings is 14. The van der Waals surface area contributed by atoms with E-state index >= 15 is 0 Å². The maximum Gasteiger partial charge on any atom is 0.143 e. The van der Waals surface area contributed by atoms with Crippen LogP contribution in [0, 0.1) is 6.07 Å². The van der Waals surface area contributed by atoms with Crippen molar-refractivity contribution in [1.82, 2.24) is 9.97 Å². The van der Waals surface area contributed by atoms with E-state index in [1.807, 2.05) is 84.9 Å². The maximum absolute atomic E-state index is 11.5. The minimum absolute atomic E-state index is 0. The van der Waals surface area contributed by atoms with Gasteiger partial charge in [-0.3, -0.25) is 9.98 Å². The number of aromatic hydroxyl groups is 2. The third kappa shape index (κ3) is 15.4. The second-order valence-corrected chi connectivity index (χ2v) is 35.7. The van der Waals surface area contributed by atoms with Gasteiger partial charge in [0.25, 0.3) is 0 Å². The van der Waals surface area contributed by atoms with Gasteiger partial charge >= 0.3 is 0 Å². The molecule has 0 aliphatic carbocycles. The summed E-state index contributed by atoms with van der Waals surface area (Å²) in [6.45, 7) is 26.0. The molecule has 14 aromatic carbocycles. The van der Waals surface area contributed by atoms with E-state index in [9.17, 15) is 10.2 Å². The molecule has 570 valence electrons. The largest absolute Gasteiger partial charge is 0.507 e. The fourth-order valence-corrected chi connectivity index (χ4v) is 17.4. The molecule has 4 heterocycles. The molecular weight excluding hydrogens is 1630 g/mol. The minimum atomic E-state index is -0.240. The van der Waals surface area contributed by atoms with Crippen molar-refractivity contribution in [2.24, 2.45) is 9.98 Å². The van der Waals surface area contributed by atoms with Crippen LogP contribution in [0.4, 0.5) is 11.4 Å². The zero-order chi connectivity index (χ0) is 79.0. The number of rotatable bonds is 12. The topological polar surface area (TPSA) is 117 Å². The number of thiazole rings is 2. The van der Waals surface area contributed by atoms with Crippen molar-refractivity contribution in [3.8, 4) is 99.4 Å². The maximum atomic E-state index is 11.5. The predicted octanol–water partition coefficient (Wildman–Crippen LogP) is 29.6. The van der Waals surface area contributed by atoms with Crippen molar-refractivity contribution in [1.29, 1.82) is 0 Å². The number of fused-ring (bicyclic) bond motifs is 8. The molecule has 0 unspecified atom stereocenters. The van der Waals surface area contributed by atoms with Gasteiger partial charge in [0.2, 0.25) is 0 Å². The molecule has 0 spiro atoms. The number of hydrogen-bond acceptors (Lipinski definition) is 10. The van der Waals surface area contributed by atoms with Gasteiger partial charge in [-0.25, -0.2) is 9.97 Å². The predicted molar refractivity (Wildman–Crippen MR) is 482 cm³/mol. The number of phenolic OH excluding ortho intramolecular Hbond substituents is 2. The van der Waals surface area contributed by atoms with E-state index in [1.165, 1.54) is 16.7 Å². The van der Waals surface area contributed by atoms with E-state index in [0.717, 1.165) is 169 Å². The van der Waals surface area contributed by atoms with Gasteiger partial charge in [-0.1, -0.05) is 294 Å². The van der Waals surface area contributed by atoms with Crippen LogP contribution in [0.15, 0.2) is 304 Å². The summed E-state index contributed by atoms with van der Waals surface area (Å²) in [6, 6.07) is 103. The van der Waals surface area contributed by atoms with Crippen molar-refractivity contribution in [3.05, 3.63) is 325 Å². The zero-order valence-electron chi connectivity index (χ0n) is 66.4. The molecule has 18 rings (SSSR count). The first-order valence-electron chi connectivity index (χ1n) is 38.8. The average molecular weight is 1720 g/mol. The van der Waals surface area contributed by atoms with E-state index in [1.54, 1.807) is 35.1 Å². The SMILES string of the molecule is CC(C)(C)c1cc(C=Nc2ccccc2-c2nc3c(-c4[c-]ccc5c4oc4ccccc45)cc(-c4cccc(-c5ccccc5)c4)cc3s2)c(O)c(C(C)(C)C)c1.CC(C)(C)c1cc(C=Nc2ccccc2-c2nc3c(-c4cccc5c4oc4ccccc45)cc(-c4cccc(-c5ccccc5)c4)cc3s2)c(O)c(C(C)(C)C)c1.[Pt]. The van der Waals surface area contributed by atoms with Crippen molar-refractivity contribution >= 4 is 111 Å². The summed E-state index contributed by atoms with van der Waals surface area (Å²) in [5.41, 5.74) is 26.4. The molecular formula is C104H87N4O4PtS2-. The summed E-state index contributed by atoms with van der Waals surface area (Å²) in [7, 11) is 0. The fourth-order valence-electron chi connectivity index (χ4n) is 15.2. The number of aromatic nitrogens is 2. The molecule has 0 amide bonds. The van der Waals surface area contributed by atoms with Gasteiger partial charge in [-0.15, -0.1) is 40.9 Å². The molecule has 0 saturated heterocycles. The Morgan fingerprint density at radius 2 is 0.722 bits per heavy atom. The Bertz CT molecular complexity index is 6400. The normalized spacial score (nSPS) is 12.3. The van der Waals surface area contributed by atoms with Crippen LogP contribution in [-0.4, -0.2) is 32.6 Å². The minimum Gasteiger partial charge on any atom is -0.507 e. The third-order valence-corrected chi connectivity index (χ3v) is 23.6. The number of hydrogen-bond donors (Lipinski definition) is 2. The Morgan fingerprint density at radius 1 is 0.339 bits per heavy atom. The molecule has 0 fully saturated rings. The zero-order valence-corrected chi connectivity index (χ0v) is 70.3. The molecule has 0 radical (unpaired) electrons. The van der Waals surface area contributed by atoms with Gasteiger partial charge in [-0.05, 0) is 156 Å². The molecule has 4 aromatic heterocycles. The summed E-state index contributed by atoms with van der Waals surface area (Å²) in [4.78, 5) is 20.9. The van der Waals surface area contributed by atoms with Crippen molar-refractivity contribution < 1.29 is 40.1 Å². The van der Waals surface area contributed by atoms with Crippen LogP contribution in [0.1, 0.15) is 116 Å². The summed E-state index contributed by atoms with van der Waals surface area (Å²) < 4.78 is 15.3. The molecule has 0 saturated carbocycles. The summed E-state index contributed by atoms with van der Waals surface area (Å²) in [6.07, 6.45) is 3.60. The summed E-state index contributed by atoms with van der Waals surface area (Å²) in [5, 5.41) is 29.1. The quantitative estimate of drug-likeness (QED) is 0.0929. The van der Waals surface area contributed by atoms with Gasteiger partial charge in [0.1, 0.15) is 38.3 Å². The van der Waals surface area contributed by atoms with Crippen LogP contribution in [0.25, 0.3) is 152 Å². The number of furan rings is 2. The molecule has 0 bridgehead atoms. The summed E-state index contributed by atoms with van der Waals surface area (Å²) >= 11 is 3.32. The number of nitrogens with zero attached hydrogens (tertiary/aromatic N) is 4. The Balaban J connectivity index is 0.000000171. The number of aliphatic imine (C=N–C) groups is 2.